The van der Waals surface area contributed by atoms with Crippen LogP contribution in [0.3, 0.4) is 0 Å². The van der Waals surface area contributed by atoms with Gasteiger partial charge >= 0.3 is 0 Å². The van der Waals surface area contributed by atoms with Crippen molar-refractivity contribution in [1.82, 2.24) is 4.31 Å². The maximum absolute atomic E-state index is 13.0. The smallest absolute Gasteiger partial charge is 0.243 e. The van der Waals surface area contributed by atoms with E-state index in [1.165, 1.54) is 19.1 Å². The molecule has 3 rings (SSSR count). The molecule has 1 atom stereocenters. The Morgan fingerprint density at radius 1 is 1.08 bits per heavy atom. The average molecular weight is 343 g/mol. The van der Waals surface area contributed by atoms with E-state index >= 15 is 0 Å². The highest BCUT2D eigenvalue weighted by molar-refractivity contribution is 7.89. The minimum atomic E-state index is -3.53. The van der Waals surface area contributed by atoms with Gasteiger partial charge in [0.05, 0.1) is 4.90 Å². The van der Waals surface area contributed by atoms with E-state index in [-0.39, 0.29) is 16.7 Å². The number of hydrogen-bond acceptors (Lipinski definition) is 3. The maximum Gasteiger partial charge on any atom is 0.243 e. The van der Waals surface area contributed by atoms with Crippen LogP contribution < -0.4 is 0 Å². The molecule has 24 heavy (non-hydrogen) atoms. The highest BCUT2D eigenvalue weighted by Crippen LogP contribution is 2.28. The molecule has 0 saturated carbocycles. The molecular formula is C19H21NO3S. The molecule has 4 nitrogen and oxygen atoms in total. The Labute approximate surface area is 143 Å². The van der Waals surface area contributed by atoms with Gasteiger partial charge in [-0.3, -0.25) is 4.79 Å². The van der Waals surface area contributed by atoms with E-state index in [1.54, 1.807) is 16.4 Å². The van der Waals surface area contributed by atoms with E-state index in [0.29, 0.717) is 12.1 Å². The van der Waals surface area contributed by atoms with Crippen LogP contribution in [0.4, 0.5) is 0 Å². The van der Waals surface area contributed by atoms with Crippen LogP contribution in [0.5, 0.6) is 0 Å². The molecule has 0 amide bonds. The fraction of sp³-hybridized carbons (Fsp3) is 0.316. The third kappa shape index (κ3) is 3.42. The summed E-state index contributed by atoms with van der Waals surface area (Å²) in [5, 5.41) is 0. The molecule has 1 aliphatic rings. The zero-order valence-corrected chi connectivity index (χ0v) is 14.5. The second kappa shape index (κ2) is 6.87. The molecule has 1 fully saturated rings. The summed E-state index contributed by atoms with van der Waals surface area (Å²) in [5.41, 5.74) is 1.67. The van der Waals surface area contributed by atoms with Crippen molar-refractivity contribution in [3.63, 3.8) is 0 Å². The maximum atomic E-state index is 13.0. The molecule has 1 heterocycles. The SMILES string of the molecule is CC(=O)c1ccc(S(=O)(=O)N2CCCC2Cc2ccccc2)cc1. The van der Waals surface area contributed by atoms with Gasteiger partial charge in [-0.05, 0) is 43.9 Å². The van der Waals surface area contributed by atoms with Gasteiger partial charge in [0, 0.05) is 18.2 Å². The van der Waals surface area contributed by atoms with E-state index in [9.17, 15) is 13.2 Å². The summed E-state index contributed by atoms with van der Waals surface area (Å²) in [6.07, 6.45) is 2.48. The highest BCUT2D eigenvalue weighted by atomic mass is 32.2. The van der Waals surface area contributed by atoms with Gasteiger partial charge < -0.3 is 0 Å². The van der Waals surface area contributed by atoms with E-state index in [0.717, 1.165) is 24.8 Å². The van der Waals surface area contributed by atoms with Crippen molar-refractivity contribution < 1.29 is 13.2 Å². The lowest BCUT2D eigenvalue weighted by Crippen LogP contribution is -2.36. The molecule has 0 aromatic heterocycles. The number of nitrogens with zero attached hydrogens (tertiary/aromatic N) is 1. The standard InChI is InChI=1S/C19H21NO3S/c1-15(21)17-9-11-19(12-10-17)24(22,23)20-13-5-8-18(20)14-16-6-3-2-4-7-16/h2-4,6-7,9-12,18H,5,8,13-14H2,1H3. The van der Waals surface area contributed by atoms with Gasteiger partial charge in [0.25, 0.3) is 0 Å². The van der Waals surface area contributed by atoms with Crippen molar-refractivity contribution in [3.05, 3.63) is 65.7 Å². The Kier molecular flexibility index (Phi) is 4.83. The van der Waals surface area contributed by atoms with Gasteiger partial charge in [-0.15, -0.1) is 0 Å². The van der Waals surface area contributed by atoms with Crippen LogP contribution in [0, 0.1) is 0 Å². The van der Waals surface area contributed by atoms with Crippen molar-refractivity contribution >= 4 is 15.8 Å². The van der Waals surface area contributed by atoms with Crippen molar-refractivity contribution in [1.29, 1.82) is 0 Å². The Morgan fingerprint density at radius 3 is 2.38 bits per heavy atom. The summed E-state index contributed by atoms with van der Waals surface area (Å²) in [4.78, 5) is 11.6. The van der Waals surface area contributed by atoms with Crippen molar-refractivity contribution in [2.45, 2.75) is 37.1 Å². The van der Waals surface area contributed by atoms with E-state index in [2.05, 4.69) is 0 Å². The molecule has 0 N–H and O–H groups in total. The largest absolute Gasteiger partial charge is 0.295 e. The molecule has 0 bridgehead atoms. The molecule has 5 heteroatoms. The number of carbonyl (C=O) groups excluding carboxylic acids is 1. The first kappa shape index (κ1) is 16.9. The van der Waals surface area contributed by atoms with Gasteiger partial charge in [0.15, 0.2) is 5.78 Å². The number of sulfonamides is 1. The third-order valence-corrected chi connectivity index (χ3v) is 6.47. The monoisotopic (exact) mass is 343 g/mol. The van der Waals surface area contributed by atoms with Crippen LogP contribution in [-0.4, -0.2) is 31.1 Å². The fourth-order valence-corrected chi connectivity index (χ4v) is 4.91. The van der Waals surface area contributed by atoms with Gasteiger partial charge in [-0.1, -0.05) is 42.5 Å². The first-order chi connectivity index (χ1) is 11.5. The molecule has 1 unspecified atom stereocenters. The average Bonchev–Trinajstić information content (AvgIpc) is 3.05. The molecule has 0 spiro atoms. The van der Waals surface area contributed by atoms with Gasteiger partial charge in [0.1, 0.15) is 0 Å². The number of rotatable bonds is 5. The van der Waals surface area contributed by atoms with Crippen LogP contribution in [0.2, 0.25) is 0 Å². The van der Waals surface area contributed by atoms with Crippen LogP contribution in [0.1, 0.15) is 35.7 Å². The Hall–Kier alpha value is -1.98. The van der Waals surface area contributed by atoms with Crippen molar-refractivity contribution in [2.75, 3.05) is 6.54 Å². The van der Waals surface area contributed by atoms with Crippen LogP contribution in [-0.2, 0) is 16.4 Å². The van der Waals surface area contributed by atoms with E-state index in [4.69, 9.17) is 0 Å². The molecule has 2 aromatic carbocycles. The normalized spacial score (nSPS) is 18.6. The summed E-state index contributed by atoms with van der Waals surface area (Å²) in [5.74, 6) is -0.0675. The second-order valence-corrected chi connectivity index (χ2v) is 8.07. The molecular weight excluding hydrogens is 322 g/mol. The van der Waals surface area contributed by atoms with Crippen LogP contribution in [0.15, 0.2) is 59.5 Å². The lowest BCUT2D eigenvalue weighted by Gasteiger charge is -2.24. The van der Waals surface area contributed by atoms with Crippen molar-refractivity contribution in [2.24, 2.45) is 0 Å². The summed E-state index contributed by atoms with van der Waals surface area (Å²) in [6.45, 7) is 2.02. The first-order valence-corrected chi connectivity index (χ1v) is 9.59. The topological polar surface area (TPSA) is 54.5 Å². The summed E-state index contributed by atoms with van der Waals surface area (Å²) < 4.78 is 27.5. The predicted octanol–water partition coefficient (Wildman–Crippen LogP) is 3.29. The Morgan fingerprint density at radius 2 is 1.75 bits per heavy atom. The van der Waals surface area contributed by atoms with Gasteiger partial charge in [-0.25, -0.2) is 8.42 Å². The summed E-state index contributed by atoms with van der Waals surface area (Å²) >= 11 is 0. The highest BCUT2D eigenvalue weighted by Gasteiger charge is 2.35. The lowest BCUT2D eigenvalue weighted by atomic mass is 10.1. The molecule has 1 aliphatic heterocycles. The molecule has 1 saturated heterocycles. The minimum Gasteiger partial charge on any atom is -0.295 e. The molecule has 126 valence electrons. The zero-order valence-electron chi connectivity index (χ0n) is 13.7. The van der Waals surface area contributed by atoms with Gasteiger partial charge in [-0.2, -0.15) is 4.31 Å². The minimum absolute atomic E-state index is 0.00937. The van der Waals surface area contributed by atoms with Crippen LogP contribution in [0.25, 0.3) is 0 Å². The van der Waals surface area contributed by atoms with E-state index in [1.807, 2.05) is 30.3 Å². The fourth-order valence-electron chi connectivity index (χ4n) is 3.21. The number of Topliss-reactive ketones (excluding diaryl/α,β-unsaturated/α-hetero) is 1. The molecule has 2 aromatic rings. The zero-order chi connectivity index (χ0) is 17.2. The Balaban J connectivity index is 1.83. The predicted molar refractivity (Wildman–Crippen MR) is 93.5 cm³/mol. The van der Waals surface area contributed by atoms with Crippen LogP contribution >= 0.6 is 0 Å². The third-order valence-electron chi connectivity index (χ3n) is 4.50. The number of benzene rings is 2. The van der Waals surface area contributed by atoms with E-state index < -0.39 is 10.0 Å². The van der Waals surface area contributed by atoms with Crippen molar-refractivity contribution in [3.8, 4) is 0 Å². The summed E-state index contributed by atoms with van der Waals surface area (Å²) in [6, 6.07) is 16.2. The second-order valence-electron chi connectivity index (χ2n) is 6.18. The first-order valence-electron chi connectivity index (χ1n) is 8.15. The molecule has 0 aliphatic carbocycles. The lowest BCUT2D eigenvalue weighted by molar-refractivity contribution is 0.101. The quantitative estimate of drug-likeness (QED) is 0.783. The molecule has 0 radical (unpaired) electrons. The number of hydrogen-bond donors (Lipinski definition) is 0. The Bertz CT molecular complexity index is 813. The van der Waals surface area contributed by atoms with Gasteiger partial charge in [0.2, 0.25) is 10.0 Å². The summed E-state index contributed by atoms with van der Waals surface area (Å²) in [7, 11) is -3.53. The number of ketones is 1. The number of carbonyl (C=O) groups is 1.